The van der Waals surface area contributed by atoms with Crippen molar-refractivity contribution in [3.8, 4) is 5.75 Å². The Balaban J connectivity index is 1.45. The van der Waals surface area contributed by atoms with Gasteiger partial charge in [0.2, 0.25) is 5.91 Å². The number of ether oxygens (including phenoxy) is 1. The highest BCUT2D eigenvalue weighted by Crippen LogP contribution is 2.26. The van der Waals surface area contributed by atoms with Crippen molar-refractivity contribution < 1.29 is 9.53 Å². The van der Waals surface area contributed by atoms with E-state index in [4.69, 9.17) is 4.74 Å². The molecule has 0 saturated heterocycles. The van der Waals surface area contributed by atoms with Crippen molar-refractivity contribution in [1.29, 1.82) is 0 Å². The Morgan fingerprint density at radius 2 is 1.94 bits per heavy atom. The van der Waals surface area contributed by atoms with Gasteiger partial charge in [-0.15, -0.1) is 0 Å². The van der Waals surface area contributed by atoms with Gasteiger partial charge in [0, 0.05) is 18.4 Å². The third-order valence-corrected chi connectivity index (χ3v) is 4.87. The lowest BCUT2D eigenvalue weighted by atomic mass is 10.0. The summed E-state index contributed by atoms with van der Waals surface area (Å²) in [4.78, 5) is 31.6. The predicted octanol–water partition coefficient (Wildman–Crippen LogP) is 3.56. The van der Waals surface area contributed by atoms with Crippen molar-refractivity contribution in [2.75, 3.05) is 6.61 Å². The summed E-state index contributed by atoms with van der Waals surface area (Å²) in [7, 11) is 0. The van der Waals surface area contributed by atoms with Gasteiger partial charge < -0.3 is 9.72 Å². The molecule has 0 aliphatic rings. The molecule has 3 aromatic carbocycles. The second-order valence-corrected chi connectivity index (χ2v) is 6.95. The summed E-state index contributed by atoms with van der Waals surface area (Å²) in [5, 5.41) is 6.15. The first-order chi connectivity index (χ1) is 15.2. The summed E-state index contributed by atoms with van der Waals surface area (Å²) in [6.07, 6.45) is 1.91. The topological polar surface area (TPSA) is 96.4 Å². The van der Waals surface area contributed by atoms with Crippen LogP contribution in [0.25, 0.3) is 21.8 Å². The maximum absolute atomic E-state index is 12.3. The van der Waals surface area contributed by atoms with Crippen molar-refractivity contribution in [2.24, 2.45) is 5.10 Å². The second kappa shape index (κ2) is 9.21. The monoisotopic (exact) mass is 414 g/mol. The van der Waals surface area contributed by atoms with Crippen LogP contribution in [0.4, 0.5) is 0 Å². The first-order valence-corrected chi connectivity index (χ1v) is 10.1. The highest BCUT2D eigenvalue weighted by atomic mass is 16.5. The van der Waals surface area contributed by atoms with E-state index in [0.29, 0.717) is 29.1 Å². The largest absolute Gasteiger partial charge is 0.493 e. The van der Waals surface area contributed by atoms with Crippen molar-refractivity contribution >= 4 is 33.9 Å². The average Bonchev–Trinajstić information content (AvgIpc) is 2.79. The van der Waals surface area contributed by atoms with E-state index in [2.05, 4.69) is 20.5 Å². The highest BCUT2D eigenvalue weighted by molar-refractivity contribution is 6.02. The molecule has 0 unspecified atom stereocenters. The number of hydrogen-bond donors (Lipinski definition) is 2. The van der Waals surface area contributed by atoms with Crippen LogP contribution in [-0.4, -0.2) is 28.7 Å². The quantitative estimate of drug-likeness (QED) is 0.357. The Kier molecular flexibility index (Phi) is 6.03. The minimum atomic E-state index is -0.302. The molecule has 1 heterocycles. The zero-order chi connectivity index (χ0) is 21.6. The molecule has 0 saturated carbocycles. The number of nitrogens with zero attached hydrogens (tertiary/aromatic N) is 2. The van der Waals surface area contributed by atoms with Gasteiger partial charge in [-0.05, 0) is 35.9 Å². The molecule has 1 amide bonds. The van der Waals surface area contributed by atoms with E-state index in [1.807, 2.05) is 61.5 Å². The van der Waals surface area contributed by atoms with Crippen LogP contribution in [0.3, 0.4) is 0 Å². The van der Waals surface area contributed by atoms with Gasteiger partial charge >= 0.3 is 0 Å². The lowest BCUT2D eigenvalue weighted by Gasteiger charge is -2.10. The SMILES string of the molecule is CCOc1ccc2ccccc2c1/C=N/NC(=O)CCc1nc2ccccc2[nH]c1=O. The molecule has 4 rings (SSSR count). The molecule has 0 bridgehead atoms. The zero-order valence-electron chi connectivity index (χ0n) is 17.1. The van der Waals surface area contributed by atoms with Gasteiger partial charge in [0.1, 0.15) is 11.4 Å². The first kappa shape index (κ1) is 20.3. The lowest BCUT2D eigenvalue weighted by Crippen LogP contribution is -2.21. The molecular formula is C24H22N4O3. The van der Waals surface area contributed by atoms with Crippen LogP contribution in [0, 0.1) is 0 Å². The third kappa shape index (κ3) is 4.61. The van der Waals surface area contributed by atoms with E-state index < -0.39 is 0 Å². The fraction of sp³-hybridized carbons (Fsp3) is 0.167. The maximum Gasteiger partial charge on any atom is 0.270 e. The molecule has 156 valence electrons. The number of hydrogen-bond acceptors (Lipinski definition) is 5. The summed E-state index contributed by atoms with van der Waals surface area (Å²) >= 11 is 0. The molecule has 0 atom stereocenters. The van der Waals surface area contributed by atoms with Crippen LogP contribution in [0.5, 0.6) is 5.75 Å². The molecule has 0 radical (unpaired) electrons. The van der Waals surface area contributed by atoms with Gasteiger partial charge in [-0.2, -0.15) is 5.10 Å². The number of carbonyl (C=O) groups excluding carboxylic acids is 1. The Labute approximate surface area is 178 Å². The van der Waals surface area contributed by atoms with Crippen molar-refractivity contribution in [1.82, 2.24) is 15.4 Å². The maximum atomic E-state index is 12.3. The minimum absolute atomic E-state index is 0.0968. The van der Waals surface area contributed by atoms with Crippen LogP contribution < -0.4 is 15.7 Å². The van der Waals surface area contributed by atoms with Crippen LogP contribution in [-0.2, 0) is 11.2 Å². The Bertz CT molecular complexity index is 1330. The Morgan fingerprint density at radius 3 is 2.81 bits per heavy atom. The molecule has 2 N–H and O–H groups in total. The van der Waals surface area contributed by atoms with E-state index in [1.165, 1.54) is 0 Å². The Hall–Kier alpha value is -4.00. The smallest absolute Gasteiger partial charge is 0.270 e. The van der Waals surface area contributed by atoms with Crippen molar-refractivity contribution in [2.45, 2.75) is 19.8 Å². The molecular weight excluding hydrogens is 392 g/mol. The van der Waals surface area contributed by atoms with Crippen LogP contribution in [0.1, 0.15) is 24.6 Å². The summed E-state index contributed by atoms with van der Waals surface area (Å²) in [6, 6.07) is 19.1. The number of benzene rings is 3. The van der Waals surface area contributed by atoms with E-state index in [-0.39, 0.29) is 24.3 Å². The third-order valence-electron chi connectivity index (χ3n) is 4.87. The number of aromatic amines is 1. The van der Waals surface area contributed by atoms with E-state index >= 15 is 0 Å². The van der Waals surface area contributed by atoms with E-state index in [0.717, 1.165) is 16.3 Å². The lowest BCUT2D eigenvalue weighted by molar-refractivity contribution is -0.121. The standard InChI is InChI=1S/C24H22N4O3/c1-2-31-22-13-11-16-7-3-4-8-17(16)18(22)15-25-28-23(29)14-12-21-24(30)27-20-10-6-5-9-19(20)26-21/h3-11,13,15H,2,12,14H2,1H3,(H,27,30)(H,28,29)/b25-15+. The number of rotatable bonds is 7. The normalized spacial score (nSPS) is 11.3. The summed E-state index contributed by atoms with van der Waals surface area (Å²) in [6.45, 7) is 2.44. The molecule has 1 aromatic heterocycles. The van der Waals surface area contributed by atoms with Gasteiger partial charge in [0.15, 0.2) is 0 Å². The second-order valence-electron chi connectivity index (χ2n) is 6.95. The molecule has 0 aliphatic carbocycles. The van der Waals surface area contributed by atoms with Gasteiger partial charge in [0.25, 0.3) is 5.56 Å². The number of para-hydroxylation sites is 2. The summed E-state index contributed by atoms with van der Waals surface area (Å²) in [5.74, 6) is 0.398. The Morgan fingerprint density at radius 1 is 1.13 bits per heavy atom. The molecule has 4 aromatic rings. The van der Waals surface area contributed by atoms with Crippen molar-refractivity contribution in [3.63, 3.8) is 0 Å². The number of aryl methyl sites for hydroxylation is 1. The summed E-state index contributed by atoms with van der Waals surface area (Å²) in [5.41, 5.74) is 4.73. The zero-order valence-corrected chi connectivity index (χ0v) is 17.1. The van der Waals surface area contributed by atoms with Gasteiger partial charge in [-0.3, -0.25) is 9.59 Å². The predicted molar refractivity (Wildman–Crippen MR) is 122 cm³/mol. The highest BCUT2D eigenvalue weighted by Gasteiger charge is 2.09. The van der Waals surface area contributed by atoms with Gasteiger partial charge in [-0.1, -0.05) is 42.5 Å². The molecule has 31 heavy (non-hydrogen) atoms. The first-order valence-electron chi connectivity index (χ1n) is 10.1. The molecule has 0 spiro atoms. The van der Waals surface area contributed by atoms with E-state index in [9.17, 15) is 9.59 Å². The van der Waals surface area contributed by atoms with Crippen LogP contribution in [0.2, 0.25) is 0 Å². The number of hydrazone groups is 1. The summed E-state index contributed by atoms with van der Waals surface area (Å²) < 4.78 is 5.71. The minimum Gasteiger partial charge on any atom is -0.493 e. The van der Waals surface area contributed by atoms with E-state index in [1.54, 1.807) is 12.3 Å². The number of H-pyrrole nitrogens is 1. The molecule has 0 fully saturated rings. The molecule has 7 heteroatoms. The van der Waals surface area contributed by atoms with Crippen LogP contribution >= 0.6 is 0 Å². The average molecular weight is 414 g/mol. The number of nitrogens with one attached hydrogen (secondary N) is 2. The number of aromatic nitrogens is 2. The van der Waals surface area contributed by atoms with Gasteiger partial charge in [-0.25, -0.2) is 10.4 Å². The molecule has 7 nitrogen and oxygen atoms in total. The fourth-order valence-corrected chi connectivity index (χ4v) is 3.38. The number of fused-ring (bicyclic) bond motifs is 2. The molecule has 0 aliphatic heterocycles. The van der Waals surface area contributed by atoms with Crippen molar-refractivity contribution in [3.05, 3.63) is 82.3 Å². The van der Waals surface area contributed by atoms with Crippen LogP contribution in [0.15, 0.2) is 70.6 Å². The number of carbonyl (C=O) groups is 1. The number of amides is 1. The fourth-order valence-electron chi connectivity index (χ4n) is 3.38. The van der Waals surface area contributed by atoms with Gasteiger partial charge in [0.05, 0.1) is 23.9 Å².